The fraction of sp³-hybridized carbons (Fsp3) is 0.462. The molecule has 0 aliphatic rings. The van der Waals surface area contributed by atoms with Crippen LogP contribution < -0.4 is 10.6 Å². The number of amides is 1. The number of nitro benzene ring substituents is 1. The Morgan fingerprint density at radius 3 is 2.55 bits per heavy atom. The number of alkyl carbamates (subject to hydrolysis) is 1. The van der Waals surface area contributed by atoms with Gasteiger partial charge in [0.2, 0.25) is 0 Å². The summed E-state index contributed by atoms with van der Waals surface area (Å²) >= 11 is 0. The molecule has 7 nitrogen and oxygen atoms in total. The number of benzene rings is 1. The van der Waals surface area contributed by atoms with Crippen LogP contribution in [-0.4, -0.2) is 29.7 Å². The van der Waals surface area contributed by atoms with Crippen LogP contribution in [0.2, 0.25) is 0 Å². The van der Waals surface area contributed by atoms with Crippen molar-refractivity contribution in [1.29, 1.82) is 0 Å². The Morgan fingerprint density at radius 1 is 1.30 bits per heavy atom. The molecule has 0 atom stereocenters. The largest absolute Gasteiger partial charge is 0.444 e. The van der Waals surface area contributed by atoms with E-state index in [2.05, 4.69) is 10.6 Å². The lowest BCUT2D eigenvalue weighted by molar-refractivity contribution is -0.384. The van der Waals surface area contributed by atoms with Gasteiger partial charge in [-0.25, -0.2) is 4.79 Å². The lowest BCUT2D eigenvalue weighted by atomic mass is 10.2. The molecule has 1 aromatic carbocycles. The number of carbonyl (C=O) groups excluding carboxylic acids is 1. The number of hydrogen-bond donors (Lipinski definition) is 2. The van der Waals surface area contributed by atoms with E-state index < -0.39 is 16.6 Å². The third kappa shape index (κ3) is 5.55. The second kappa shape index (κ2) is 6.74. The van der Waals surface area contributed by atoms with Crippen LogP contribution in [0.5, 0.6) is 0 Å². The molecule has 0 radical (unpaired) electrons. The van der Waals surface area contributed by atoms with Gasteiger partial charge in [0.15, 0.2) is 0 Å². The number of nitro groups is 1. The zero-order chi connectivity index (χ0) is 15.2. The van der Waals surface area contributed by atoms with E-state index in [4.69, 9.17) is 4.74 Å². The molecule has 0 aliphatic heterocycles. The Hall–Kier alpha value is -2.31. The van der Waals surface area contributed by atoms with Gasteiger partial charge in [-0.15, -0.1) is 0 Å². The molecule has 1 rings (SSSR count). The van der Waals surface area contributed by atoms with E-state index in [0.717, 1.165) is 0 Å². The summed E-state index contributed by atoms with van der Waals surface area (Å²) in [7, 11) is 0. The summed E-state index contributed by atoms with van der Waals surface area (Å²) in [6.07, 6.45) is -0.512. The van der Waals surface area contributed by atoms with Crippen LogP contribution >= 0.6 is 0 Å². The average molecular weight is 281 g/mol. The van der Waals surface area contributed by atoms with E-state index in [0.29, 0.717) is 18.8 Å². The van der Waals surface area contributed by atoms with Crippen molar-refractivity contribution < 1.29 is 14.5 Å². The monoisotopic (exact) mass is 281 g/mol. The molecular weight excluding hydrogens is 262 g/mol. The number of para-hydroxylation sites is 2. The van der Waals surface area contributed by atoms with Gasteiger partial charge in [-0.2, -0.15) is 0 Å². The molecule has 0 fully saturated rings. The van der Waals surface area contributed by atoms with Gasteiger partial charge in [0.05, 0.1) is 4.92 Å². The third-order valence-electron chi connectivity index (χ3n) is 2.21. The van der Waals surface area contributed by atoms with Gasteiger partial charge in [0.25, 0.3) is 5.69 Å². The quantitative estimate of drug-likeness (QED) is 0.491. The second-order valence-electron chi connectivity index (χ2n) is 5.13. The first-order valence-corrected chi connectivity index (χ1v) is 6.24. The molecule has 0 spiro atoms. The summed E-state index contributed by atoms with van der Waals surface area (Å²) in [6, 6.07) is 6.34. The highest BCUT2D eigenvalue weighted by Crippen LogP contribution is 2.22. The molecule has 110 valence electrons. The van der Waals surface area contributed by atoms with Crippen LogP contribution in [0.15, 0.2) is 24.3 Å². The minimum absolute atomic E-state index is 0.00441. The Labute approximate surface area is 117 Å². The van der Waals surface area contributed by atoms with Gasteiger partial charge < -0.3 is 15.4 Å². The summed E-state index contributed by atoms with van der Waals surface area (Å²) in [6.45, 7) is 6.00. The van der Waals surface area contributed by atoms with E-state index in [1.165, 1.54) is 6.07 Å². The van der Waals surface area contributed by atoms with E-state index in [1.54, 1.807) is 39.0 Å². The van der Waals surface area contributed by atoms with Crippen LogP contribution in [0.1, 0.15) is 20.8 Å². The first-order chi connectivity index (χ1) is 9.29. The van der Waals surface area contributed by atoms with Crippen LogP contribution in [-0.2, 0) is 4.74 Å². The number of anilines is 1. The van der Waals surface area contributed by atoms with Crippen molar-refractivity contribution in [2.45, 2.75) is 26.4 Å². The smallest absolute Gasteiger partial charge is 0.407 e. The Morgan fingerprint density at radius 2 is 1.95 bits per heavy atom. The normalized spacial score (nSPS) is 10.8. The van der Waals surface area contributed by atoms with E-state index >= 15 is 0 Å². The molecule has 0 unspecified atom stereocenters. The first-order valence-electron chi connectivity index (χ1n) is 6.24. The topological polar surface area (TPSA) is 93.5 Å². The SMILES string of the molecule is CC(C)(C)OC(=O)NCCNc1ccccc1[N+](=O)[O-]. The predicted octanol–water partition coefficient (Wildman–Crippen LogP) is 2.53. The van der Waals surface area contributed by atoms with Crippen molar-refractivity contribution in [3.05, 3.63) is 34.4 Å². The van der Waals surface area contributed by atoms with Gasteiger partial charge >= 0.3 is 6.09 Å². The van der Waals surface area contributed by atoms with Crippen molar-refractivity contribution in [2.24, 2.45) is 0 Å². The Balaban J connectivity index is 2.39. The van der Waals surface area contributed by atoms with Gasteiger partial charge in [0, 0.05) is 19.2 Å². The van der Waals surface area contributed by atoms with Crippen LogP contribution in [0, 0.1) is 10.1 Å². The zero-order valence-corrected chi connectivity index (χ0v) is 11.8. The zero-order valence-electron chi connectivity index (χ0n) is 11.8. The summed E-state index contributed by atoms with van der Waals surface area (Å²) < 4.78 is 5.07. The van der Waals surface area contributed by atoms with Gasteiger partial charge in [-0.3, -0.25) is 10.1 Å². The molecule has 0 aliphatic carbocycles. The minimum Gasteiger partial charge on any atom is -0.444 e. The van der Waals surface area contributed by atoms with E-state index in [1.807, 2.05) is 0 Å². The summed E-state index contributed by atoms with van der Waals surface area (Å²) in [4.78, 5) is 21.7. The molecule has 0 heterocycles. The summed E-state index contributed by atoms with van der Waals surface area (Å²) in [5.41, 5.74) is -0.122. The number of hydrogen-bond acceptors (Lipinski definition) is 5. The first kappa shape index (κ1) is 15.7. The van der Waals surface area contributed by atoms with Crippen molar-refractivity contribution in [3.63, 3.8) is 0 Å². The van der Waals surface area contributed by atoms with E-state index in [-0.39, 0.29) is 5.69 Å². The summed E-state index contributed by atoms with van der Waals surface area (Å²) in [5.74, 6) is 0. The van der Waals surface area contributed by atoms with Gasteiger partial charge in [-0.05, 0) is 26.8 Å². The average Bonchev–Trinajstić information content (AvgIpc) is 2.33. The Bertz CT molecular complexity index is 483. The highest BCUT2D eigenvalue weighted by atomic mass is 16.6. The molecule has 2 N–H and O–H groups in total. The number of rotatable bonds is 5. The van der Waals surface area contributed by atoms with Crippen molar-refractivity contribution >= 4 is 17.5 Å². The van der Waals surface area contributed by atoms with Crippen LogP contribution in [0.3, 0.4) is 0 Å². The number of nitrogens with one attached hydrogen (secondary N) is 2. The maximum atomic E-state index is 11.4. The standard InChI is InChI=1S/C13H19N3O4/c1-13(2,3)20-12(17)15-9-8-14-10-6-4-5-7-11(10)16(18)19/h4-7,14H,8-9H2,1-3H3,(H,15,17). The Kier molecular flexibility index (Phi) is 5.31. The molecule has 0 saturated carbocycles. The van der Waals surface area contributed by atoms with E-state index in [9.17, 15) is 14.9 Å². The molecule has 7 heteroatoms. The van der Waals surface area contributed by atoms with Crippen molar-refractivity contribution in [2.75, 3.05) is 18.4 Å². The molecule has 0 aromatic heterocycles. The highest BCUT2D eigenvalue weighted by Gasteiger charge is 2.15. The maximum Gasteiger partial charge on any atom is 0.407 e. The molecule has 0 saturated heterocycles. The number of nitrogens with zero attached hydrogens (tertiary/aromatic N) is 1. The second-order valence-corrected chi connectivity index (χ2v) is 5.13. The molecule has 0 bridgehead atoms. The minimum atomic E-state index is -0.546. The van der Waals surface area contributed by atoms with Crippen molar-refractivity contribution in [1.82, 2.24) is 5.32 Å². The number of ether oxygens (including phenoxy) is 1. The number of carbonyl (C=O) groups is 1. The van der Waals surface area contributed by atoms with Crippen LogP contribution in [0.4, 0.5) is 16.2 Å². The fourth-order valence-electron chi connectivity index (χ4n) is 1.46. The lowest BCUT2D eigenvalue weighted by Gasteiger charge is -2.19. The molecule has 1 amide bonds. The lowest BCUT2D eigenvalue weighted by Crippen LogP contribution is -2.35. The molecule has 20 heavy (non-hydrogen) atoms. The fourth-order valence-corrected chi connectivity index (χ4v) is 1.46. The summed E-state index contributed by atoms with van der Waals surface area (Å²) in [5, 5.41) is 16.3. The maximum absolute atomic E-state index is 11.4. The molecule has 1 aromatic rings. The van der Waals surface area contributed by atoms with Crippen molar-refractivity contribution in [3.8, 4) is 0 Å². The van der Waals surface area contributed by atoms with Crippen LogP contribution in [0.25, 0.3) is 0 Å². The highest BCUT2D eigenvalue weighted by molar-refractivity contribution is 5.67. The molecular formula is C13H19N3O4. The van der Waals surface area contributed by atoms with Gasteiger partial charge in [-0.1, -0.05) is 12.1 Å². The predicted molar refractivity (Wildman–Crippen MR) is 75.8 cm³/mol. The third-order valence-corrected chi connectivity index (χ3v) is 2.21. The van der Waals surface area contributed by atoms with Gasteiger partial charge in [0.1, 0.15) is 11.3 Å².